The van der Waals surface area contributed by atoms with Gasteiger partial charge in [0.05, 0.1) is 6.10 Å². The molecule has 1 aromatic carbocycles. The minimum atomic E-state index is 0.0160. The van der Waals surface area contributed by atoms with Crippen molar-refractivity contribution in [2.75, 3.05) is 47.0 Å². The predicted octanol–water partition coefficient (Wildman–Crippen LogP) is 2.73. The molecule has 1 atom stereocenters. The summed E-state index contributed by atoms with van der Waals surface area (Å²) in [6, 6.07) is 7.35. The quantitative estimate of drug-likeness (QED) is 0.649. The molecular weight excluding hydrogens is 384 g/mol. The van der Waals surface area contributed by atoms with E-state index in [4.69, 9.17) is 14.2 Å². The van der Waals surface area contributed by atoms with Gasteiger partial charge < -0.3 is 24.0 Å². The van der Waals surface area contributed by atoms with Crippen molar-refractivity contribution in [2.24, 2.45) is 0 Å². The van der Waals surface area contributed by atoms with Gasteiger partial charge >= 0.3 is 0 Å². The number of benzene rings is 1. The van der Waals surface area contributed by atoms with E-state index in [1.165, 1.54) is 13.5 Å². The zero-order chi connectivity index (χ0) is 21.3. The van der Waals surface area contributed by atoms with Crippen LogP contribution in [0, 0.1) is 0 Å². The van der Waals surface area contributed by atoms with E-state index >= 15 is 0 Å². The van der Waals surface area contributed by atoms with E-state index in [1.807, 2.05) is 36.2 Å². The molecule has 0 aromatic heterocycles. The molecule has 2 saturated heterocycles. The van der Waals surface area contributed by atoms with Gasteiger partial charge in [0.1, 0.15) is 18.5 Å². The molecule has 2 amide bonds. The molecule has 0 radical (unpaired) electrons. The Morgan fingerprint density at radius 1 is 1.13 bits per heavy atom. The molecule has 0 spiro atoms. The molecule has 2 heterocycles. The van der Waals surface area contributed by atoms with Gasteiger partial charge in [-0.05, 0) is 49.9 Å². The number of amides is 2. The van der Waals surface area contributed by atoms with Crippen molar-refractivity contribution >= 4 is 11.8 Å². The Balaban J connectivity index is 1.43. The van der Waals surface area contributed by atoms with E-state index in [9.17, 15) is 9.59 Å². The molecule has 0 aliphatic carbocycles. The van der Waals surface area contributed by atoms with E-state index in [0.717, 1.165) is 44.5 Å². The molecule has 166 valence electrons. The summed E-state index contributed by atoms with van der Waals surface area (Å²) in [6.45, 7) is 3.02. The molecule has 2 aliphatic rings. The summed E-state index contributed by atoms with van der Waals surface area (Å²) in [5, 5.41) is 0. The van der Waals surface area contributed by atoms with Crippen molar-refractivity contribution in [3.63, 3.8) is 0 Å². The van der Waals surface area contributed by atoms with Gasteiger partial charge in [-0.1, -0.05) is 0 Å². The molecule has 0 unspecified atom stereocenters. The second-order valence-electron chi connectivity index (χ2n) is 8.16. The van der Waals surface area contributed by atoms with E-state index in [-0.39, 0.29) is 30.6 Å². The highest BCUT2D eigenvalue weighted by Crippen LogP contribution is 2.21. The Morgan fingerprint density at radius 3 is 2.50 bits per heavy atom. The fourth-order valence-corrected chi connectivity index (χ4v) is 4.00. The lowest BCUT2D eigenvalue weighted by Crippen LogP contribution is -2.43. The Bertz CT molecular complexity index is 679. The lowest BCUT2D eigenvalue weighted by molar-refractivity contribution is -0.136. The summed E-state index contributed by atoms with van der Waals surface area (Å²) in [4.78, 5) is 28.1. The number of carbonyl (C=O) groups is 2. The predicted molar refractivity (Wildman–Crippen MR) is 114 cm³/mol. The van der Waals surface area contributed by atoms with Crippen molar-refractivity contribution in [1.82, 2.24) is 9.80 Å². The van der Waals surface area contributed by atoms with Gasteiger partial charge in [-0.3, -0.25) is 9.59 Å². The van der Waals surface area contributed by atoms with Gasteiger partial charge in [-0.25, -0.2) is 0 Å². The molecule has 3 rings (SSSR count). The zero-order valence-electron chi connectivity index (χ0n) is 18.2. The largest absolute Gasteiger partial charge is 0.490 e. The highest BCUT2D eigenvalue weighted by Gasteiger charge is 2.24. The van der Waals surface area contributed by atoms with Crippen LogP contribution in [0.5, 0.6) is 5.75 Å². The normalized spacial score (nSPS) is 20.1. The van der Waals surface area contributed by atoms with Crippen LogP contribution in [0.2, 0.25) is 0 Å². The first kappa shape index (κ1) is 22.6. The minimum Gasteiger partial charge on any atom is -0.490 e. The van der Waals surface area contributed by atoms with Crippen molar-refractivity contribution in [3.8, 4) is 5.75 Å². The van der Waals surface area contributed by atoms with E-state index < -0.39 is 0 Å². The maximum Gasteiger partial charge on any atom is 0.253 e. The Morgan fingerprint density at radius 2 is 1.87 bits per heavy atom. The first-order chi connectivity index (χ1) is 14.6. The number of hydrogen-bond acceptors (Lipinski definition) is 5. The Labute approximate surface area is 179 Å². The standard InChI is InChI=1S/C23H34N2O5/c1-24(13-10-19-5-3-4-16-29-19)23(27)18-6-8-20(9-7-18)30-21-11-14-25(15-12-21)22(26)17-28-2/h6-9,19,21H,3-5,10-17H2,1-2H3/t19-/m0/s1. The van der Waals surface area contributed by atoms with Crippen LogP contribution in [0.4, 0.5) is 0 Å². The lowest BCUT2D eigenvalue weighted by Gasteiger charge is -2.32. The van der Waals surface area contributed by atoms with Crippen molar-refractivity contribution in [3.05, 3.63) is 29.8 Å². The number of likely N-dealkylation sites (tertiary alicyclic amines) is 1. The average Bonchev–Trinajstić information content (AvgIpc) is 2.79. The number of carbonyl (C=O) groups excluding carboxylic acids is 2. The molecule has 30 heavy (non-hydrogen) atoms. The third-order valence-corrected chi connectivity index (χ3v) is 5.87. The average molecular weight is 419 g/mol. The molecular formula is C23H34N2O5. The Kier molecular flexibility index (Phi) is 8.51. The molecule has 1 aromatic rings. The van der Waals surface area contributed by atoms with Crippen LogP contribution in [0.1, 0.15) is 48.9 Å². The number of nitrogens with zero attached hydrogens (tertiary/aromatic N) is 2. The summed E-state index contributed by atoms with van der Waals surface area (Å²) < 4.78 is 16.7. The van der Waals surface area contributed by atoms with Gasteiger partial charge in [0.15, 0.2) is 0 Å². The second-order valence-corrected chi connectivity index (χ2v) is 8.16. The molecule has 0 saturated carbocycles. The van der Waals surface area contributed by atoms with Crippen molar-refractivity contribution < 1.29 is 23.8 Å². The molecule has 7 heteroatoms. The highest BCUT2D eigenvalue weighted by molar-refractivity contribution is 5.94. The summed E-state index contributed by atoms with van der Waals surface area (Å²) in [7, 11) is 3.37. The summed E-state index contributed by atoms with van der Waals surface area (Å²) in [5.41, 5.74) is 0.661. The maximum absolute atomic E-state index is 12.7. The van der Waals surface area contributed by atoms with Gasteiger partial charge in [-0.2, -0.15) is 0 Å². The molecule has 2 aliphatic heterocycles. The molecule has 2 fully saturated rings. The van der Waals surface area contributed by atoms with Crippen LogP contribution >= 0.6 is 0 Å². The fourth-order valence-electron chi connectivity index (χ4n) is 4.00. The van der Waals surface area contributed by atoms with Crippen molar-refractivity contribution in [1.29, 1.82) is 0 Å². The number of hydrogen-bond donors (Lipinski definition) is 0. The van der Waals surface area contributed by atoms with Crippen LogP contribution in [0.15, 0.2) is 24.3 Å². The van der Waals surface area contributed by atoms with Gasteiger partial charge in [0.2, 0.25) is 5.91 Å². The second kappa shape index (κ2) is 11.3. The van der Waals surface area contributed by atoms with E-state index in [2.05, 4.69) is 0 Å². The van der Waals surface area contributed by atoms with Crippen LogP contribution in [-0.4, -0.2) is 80.8 Å². The SMILES string of the molecule is COCC(=O)N1CCC(Oc2ccc(C(=O)N(C)CC[C@@H]3CCCCO3)cc2)CC1. The zero-order valence-corrected chi connectivity index (χ0v) is 18.2. The third-order valence-electron chi connectivity index (χ3n) is 5.87. The number of ether oxygens (including phenoxy) is 3. The van der Waals surface area contributed by atoms with Crippen LogP contribution in [-0.2, 0) is 14.3 Å². The highest BCUT2D eigenvalue weighted by atomic mass is 16.5. The topological polar surface area (TPSA) is 68.3 Å². The third kappa shape index (κ3) is 6.44. The van der Waals surface area contributed by atoms with Crippen LogP contribution in [0.25, 0.3) is 0 Å². The van der Waals surface area contributed by atoms with E-state index in [0.29, 0.717) is 25.2 Å². The van der Waals surface area contributed by atoms with Gasteiger partial charge in [0.25, 0.3) is 5.91 Å². The van der Waals surface area contributed by atoms with Gasteiger partial charge in [-0.15, -0.1) is 0 Å². The van der Waals surface area contributed by atoms with Crippen molar-refractivity contribution in [2.45, 2.75) is 50.7 Å². The Hall–Kier alpha value is -2.12. The summed E-state index contributed by atoms with van der Waals surface area (Å²) >= 11 is 0. The summed E-state index contributed by atoms with van der Waals surface area (Å²) in [6.07, 6.45) is 6.28. The first-order valence-corrected chi connectivity index (χ1v) is 11.0. The molecule has 0 N–H and O–H groups in total. The first-order valence-electron chi connectivity index (χ1n) is 11.0. The maximum atomic E-state index is 12.7. The fraction of sp³-hybridized carbons (Fsp3) is 0.652. The summed E-state index contributed by atoms with van der Waals surface area (Å²) in [5.74, 6) is 0.798. The van der Waals surface area contributed by atoms with E-state index in [1.54, 1.807) is 4.90 Å². The molecule has 0 bridgehead atoms. The number of rotatable bonds is 8. The lowest BCUT2D eigenvalue weighted by atomic mass is 10.1. The van der Waals surface area contributed by atoms with Crippen LogP contribution < -0.4 is 4.74 Å². The number of methoxy groups -OCH3 is 1. The number of piperidine rings is 1. The molecule has 7 nitrogen and oxygen atoms in total. The smallest absolute Gasteiger partial charge is 0.253 e. The van der Waals surface area contributed by atoms with Gasteiger partial charge in [0, 0.05) is 58.8 Å². The van der Waals surface area contributed by atoms with Crippen LogP contribution in [0.3, 0.4) is 0 Å². The monoisotopic (exact) mass is 418 g/mol. The minimum absolute atomic E-state index is 0.0160.